The predicted molar refractivity (Wildman–Crippen MR) is 113 cm³/mol. The Morgan fingerprint density at radius 1 is 0.935 bits per heavy atom. The summed E-state index contributed by atoms with van der Waals surface area (Å²) in [5.41, 5.74) is 9.49. The molecule has 0 radical (unpaired) electrons. The Labute approximate surface area is 179 Å². The van der Waals surface area contributed by atoms with Crippen LogP contribution in [0, 0.1) is 0 Å². The zero-order valence-corrected chi connectivity index (χ0v) is 17.1. The minimum atomic E-state index is -0.487. The second kappa shape index (κ2) is 8.39. The molecule has 1 aliphatic heterocycles. The zero-order valence-electron chi connectivity index (χ0n) is 17.1. The lowest BCUT2D eigenvalue weighted by atomic mass is 9.95. The molecule has 31 heavy (non-hydrogen) atoms. The van der Waals surface area contributed by atoms with E-state index in [-0.39, 0.29) is 19.2 Å². The molecule has 1 heterocycles. The summed E-state index contributed by atoms with van der Waals surface area (Å²) in [6, 6.07) is 16.0. The summed E-state index contributed by atoms with van der Waals surface area (Å²) in [5, 5.41) is 0. The van der Waals surface area contributed by atoms with Gasteiger partial charge in [0.15, 0.2) is 11.5 Å². The van der Waals surface area contributed by atoms with Crippen molar-refractivity contribution < 1.29 is 28.5 Å². The number of esters is 1. The number of nitrogens with two attached hydrogens (primary N) is 1. The van der Waals surface area contributed by atoms with Crippen molar-refractivity contribution in [2.75, 3.05) is 14.2 Å². The van der Waals surface area contributed by atoms with E-state index in [1.165, 1.54) is 7.11 Å². The SMILES string of the molecule is COc1ccc(-c2cccc3c2COC3=O)c(OCc2ccc(C(N)=O)cc2)c1OC. The third-order valence-electron chi connectivity index (χ3n) is 5.16. The van der Waals surface area contributed by atoms with Gasteiger partial charge in [0.2, 0.25) is 11.7 Å². The van der Waals surface area contributed by atoms with Crippen LogP contribution in [-0.2, 0) is 18.0 Å². The number of fused-ring (bicyclic) bond motifs is 1. The number of methoxy groups -OCH3 is 2. The molecule has 0 unspecified atom stereocenters. The molecule has 0 aliphatic carbocycles. The lowest BCUT2D eigenvalue weighted by Crippen LogP contribution is -2.10. The predicted octanol–water partition coefficient (Wildman–Crippen LogP) is 3.72. The minimum Gasteiger partial charge on any atom is -0.493 e. The Balaban J connectivity index is 1.75. The van der Waals surface area contributed by atoms with Gasteiger partial charge in [-0.1, -0.05) is 24.3 Å². The van der Waals surface area contributed by atoms with Crippen LogP contribution in [0.3, 0.4) is 0 Å². The van der Waals surface area contributed by atoms with Gasteiger partial charge in [-0.15, -0.1) is 0 Å². The summed E-state index contributed by atoms with van der Waals surface area (Å²) in [6.07, 6.45) is 0. The first-order valence-corrected chi connectivity index (χ1v) is 9.59. The van der Waals surface area contributed by atoms with Crippen LogP contribution >= 0.6 is 0 Å². The van der Waals surface area contributed by atoms with Crippen molar-refractivity contribution >= 4 is 11.9 Å². The third kappa shape index (κ3) is 3.77. The van der Waals surface area contributed by atoms with Gasteiger partial charge in [0, 0.05) is 16.7 Å². The molecule has 2 N–H and O–H groups in total. The van der Waals surface area contributed by atoms with E-state index in [1.807, 2.05) is 18.2 Å². The fourth-order valence-corrected chi connectivity index (χ4v) is 3.58. The number of hydrogen-bond acceptors (Lipinski definition) is 6. The third-order valence-corrected chi connectivity index (χ3v) is 5.16. The Bertz CT molecular complexity index is 1150. The van der Waals surface area contributed by atoms with Gasteiger partial charge in [0.1, 0.15) is 13.2 Å². The summed E-state index contributed by atoms with van der Waals surface area (Å²) >= 11 is 0. The number of ether oxygens (including phenoxy) is 4. The van der Waals surface area contributed by atoms with E-state index in [1.54, 1.807) is 43.5 Å². The summed E-state index contributed by atoms with van der Waals surface area (Å²) in [5.74, 6) is 0.615. The van der Waals surface area contributed by atoms with Gasteiger partial charge in [-0.3, -0.25) is 4.79 Å². The van der Waals surface area contributed by atoms with Crippen molar-refractivity contribution in [3.8, 4) is 28.4 Å². The highest BCUT2D eigenvalue weighted by Gasteiger charge is 2.27. The Morgan fingerprint density at radius 3 is 2.35 bits per heavy atom. The Morgan fingerprint density at radius 2 is 1.68 bits per heavy atom. The largest absolute Gasteiger partial charge is 0.493 e. The molecule has 0 aromatic heterocycles. The molecule has 0 saturated heterocycles. The molecule has 0 atom stereocenters. The van der Waals surface area contributed by atoms with E-state index in [0.29, 0.717) is 28.4 Å². The molecular weight excluding hydrogens is 398 g/mol. The van der Waals surface area contributed by atoms with E-state index >= 15 is 0 Å². The zero-order chi connectivity index (χ0) is 22.0. The van der Waals surface area contributed by atoms with Crippen LogP contribution in [-0.4, -0.2) is 26.1 Å². The van der Waals surface area contributed by atoms with E-state index in [4.69, 9.17) is 24.7 Å². The average molecular weight is 419 g/mol. The number of amides is 1. The second-order valence-electron chi connectivity index (χ2n) is 6.94. The van der Waals surface area contributed by atoms with Crippen molar-refractivity contribution in [2.45, 2.75) is 13.2 Å². The Hall–Kier alpha value is -4.00. The fraction of sp³-hybridized carbons (Fsp3) is 0.167. The van der Waals surface area contributed by atoms with Gasteiger partial charge in [0.25, 0.3) is 0 Å². The summed E-state index contributed by atoms with van der Waals surface area (Å²) in [6.45, 7) is 0.423. The molecule has 158 valence electrons. The smallest absolute Gasteiger partial charge is 0.338 e. The molecule has 0 saturated carbocycles. The first-order chi connectivity index (χ1) is 15.0. The summed E-state index contributed by atoms with van der Waals surface area (Å²) in [7, 11) is 3.09. The summed E-state index contributed by atoms with van der Waals surface area (Å²) in [4.78, 5) is 23.3. The highest BCUT2D eigenvalue weighted by atomic mass is 16.5. The molecule has 3 aromatic rings. The fourth-order valence-electron chi connectivity index (χ4n) is 3.58. The first-order valence-electron chi connectivity index (χ1n) is 9.59. The first kappa shape index (κ1) is 20.3. The highest BCUT2D eigenvalue weighted by Crippen LogP contribution is 2.46. The number of hydrogen-bond donors (Lipinski definition) is 1. The normalized spacial score (nSPS) is 12.1. The second-order valence-corrected chi connectivity index (χ2v) is 6.94. The molecule has 0 fully saturated rings. The van der Waals surface area contributed by atoms with Crippen molar-refractivity contribution in [2.24, 2.45) is 5.73 Å². The lowest BCUT2D eigenvalue weighted by molar-refractivity contribution is 0.0535. The Kier molecular flexibility index (Phi) is 5.49. The molecule has 0 bridgehead atoms. The van der Waals surface area contributed by atoms with Crippen LogP contribution in [0.5, 0.6) is 17.2 Å². The average Bonchev–Trinajstić information content (AvgIpc) is 3.18. The maximum Gasteiger partial charge on any atom is 0.338 e. The van der Waals surface area contributed by atoms with Crippen LogP contribution in [0.1, 0.15) is 31.8 Å². The lowest BCUT2D eigenvalue weighted by Gasteiger charge is -2.19. The van der Waals surface area contributed by atoms with Gasteiger partial charge < -0.3 is 24.7 Å². The number of benzene rings is 3. The van der Waals surface area contributed by atoms with Crippen molar-refractivity contribution in [3.05, 3.63) is 76.9 Å². The van der Waals surface area contributed by atoms with Crippen LogP contribution < -0.4 is 19.9 Å². The summed E-state index contributed by atoms with van der Waals surface area (Å²) < 4.78 is 22.4. The van der Waals surface area contributed by atoms with Crippen LogP contribution in [0.2, 0.25) is 0 Å². The maximum absolute atomic E-state index is 12.0. The van der Waals surface area contributed by atoms with Crippen molar-refractivity contribution in [3.63, 3.8) is 0 Å². The standard InChI is InChI=1S/C24H21NO6/c1-28-20-11-10-17(16-4-3-5-18-19(16)13-31-24(18)27)21(22(20)29-2)30-12-14-6-8-15(9-7-14)23(25)26/h3-11H,12-13H2,1-2H3,(H2,25,26). The van der Waals surface area contributed by atoms with Crippen molar-refractivity contribution in [1.29, 1.82) is 0 Å². The number of carbonyl (C=O) groups is 2. The van der Waals surface area contributed by atoms with Gasteiger partial charge >= 0.3 is 5.97 Å². The molecule has 3 aromatic carbocycles. The molecule has 7 nitrogen and oxygen atoms in total. The molecule has 0 spiro atoms. The van der Waals surface area contributed by atoms with Crippen LogP contribution in [0.4, 0.5) is 0 Å². The van der Waals surface area contributed by atoms with E-state index in [9.17, 15) is 9.59 Å². The number of primary amides is 1. The molecule has 4 rings (SSSR count). The van der Waals surface area contributed by atoms with E-state index in [0.717, 1.165) is 22.3 Å². The minimum absolute atomic E-state index is 0.201. The highest BCUT2D eigenvalue weighted by molar-refractivity contribution is 5.96. The van der Waals surface area contributed by atoms with Gasteiger partial charge in [-0.2, -0.15) is 0 Å². The quantitative estimate of drug-likeness (QED) is 0.586. The monoisotopic (exact) mass is 419 g/mol. The van der Waals surface area contributed by atoms with E-state index < -0.39 is 5.91 Å². The number of rotatable bonds is 7. The number of carbonyl (C=O) groups excluding carboxylic acids is 2. The topological polar surface area (TPSA) is 97.1 Å². The van der Waals surface area contributed by atoms with E-state index in [2.05, 4.69) is 0 Å². The van der Waals surface area contributed by atoms with Crippen molar-refractivity contribution in [1.82, 2.24) is 0 Å². The van der Waals surface area contributed by atoms with Crippen LogP contribution in [0.25, 0.3) is 11.1 Å². The number of cyclic esters (lactones) is 1. The van der Waals surface area contributed by atoms with Crippen LogP contribution in [0.15, 0.2) is 54.6 Å². The molecule has 1 aliphatic rings. The van der Waals surface area contributed by atoms with Gasteiger partial charge in [0.05, 0.1) is 19.8 Å². The molecule has 1 amide bonds. The van der Waals surface area contributed by atoms with Gasteiger partial charge in [-0.25, -0.2) is 4.79 Å². The molecular formula is C24H21NO6. The van der Waals surface area contributed by atoms with Gasteiger partial charge in [-0.05, 0) is 41.5 Å². The molecule has 7 heteroatoms. The maximum atomic E-state index is 12.0.